The van der Waals surface area contributed by atoms with Gasteiger partial charge in [0.25, 0.3) is 5.91 Å². The number of nitrogens with one attached hydrogen (secondary N) is 1. The first-order chi connectivity index (χ1) is 11.0. The highest BCUT2D eigenvalue weighted by Crippen LogP contribution is 2.19. The lowest BCUT2D eigenvalue weighted by Crippen LogP contribution is -2.33. The van der Waals surface area contributed by atoms with E-state index in [9.17, 15) is 9.59 Å². The molecule has 0 unspecified atom stereocenters. The Labute approximate surface area is 138 Å². The van der Waals surface area contributed by atoms with E-state index in [4.69, 9.17) is 21.4 Å². The van der Waals surface area contributed by atoms with Gasteiger partial charge >= 0.3 is 5.97 Å². The van der Waals surface area contributed by atoms with Gasteiger partial charge in [-0.2, -0.15) is 0 Å². The second-order valence-corrected chi connectivity index (χ2v) is 5.31. The minimum Gasteiger partial charge on any atom is -0.484 e. The second-order valence-electron chi connectivity index (χ2n) is 4.87. The van der Waals surface area contributed by atoms with Gasteiger partial charge in [0.1, 0.15) is 5.75 Å². The number of benzene rings is 2. The highest BCUT2D eigenvalue weighted by molar-refractivity contribution is 6.30. The summed E-state index contributed by atoms with van der Waals surface area (Å²) in [5.74, 6) is -0.826. The molecule has 23 heavy (non-hydrogen) atoms. The van der Waals surface area contributed by atoms with Crippen LogP contribution in [0.2, 0.25) is 5.02 Å². The summed E-state index contributed by atoms with van der Waals surface area (Å²) in [6.45, 7) is -0.187. The van der Waals surface area contributed by atoms with Gasteiger partial charge < -0.3 is 15.2 Å². The van der Waals surface area contributed by atoms with Gasteiger partial charge in [-0.3, -0.25) is 9.59 Å². The third-order valence-corrected chi connectivity index (χ3v) is 3.35. The number of ether oxygens (including phenoxy) is 1. The first-order valence-corrected chi connectivity index (χ1v) is 7.37. The third-order valence-electron chi connectivity index (χ3n) is 3.10. The number of amides is 1. The number of carbonyl (C=O) groups excluding carboxylic acids is 1. The van der Waals surface area contributed by atoms with Crippen LogP contribution in [0.15, 0.2) is 54.6 Å². The van der Waals surface area contributed by atoms with Crippen LogP contribution in [0.1, 0.15) is 18.0 Å². The van der Waals surface area contributed by atoms with Crippen LogP contribution in [-0.2, 0) is 9.59 Å². The molecule has 120 valence electrons. The fourth-order valence-electron chi connectivity index (χ4n) is 2.02. The van der Waals surface area contributed by atoms with Crippen molar-refractivity contribution < 1.29 is 19.4 Å². The van der Waals surface area contributed by atoms with Crippen molar-refractivity contribution in [2.24, 2.45) is 0 Å². The zero-order chi connectivity index (χ0) is 16.7. The highest BCUT2D eigenvalue weighted by Gasteiger charge is 2.18. The summed E-state index contributed by atoms with van der Waals surface area (Å²) in [6.07, 6.45) is -0.224. The predicted molar refractivity (Wildman–Crippen MR) is 86.5 cm³/mol. The molecule has 2 aromatic carbocycles. The van der Waals surface area contributed by atoms with Crippen LogP contribution in [-0.4, -0.2) is 23.6 Å². The molecule has 0 bridgehead atoms. The van der Waals surface area contributed by atoms with E-state index >= 15 is 0 Å². The first kappa shape index (κ1) is 16.8. The van der Waals surface area contributed by atoms with E-state index in [-0.39, 0.29) is 13.0 Å². The first-order valence-electron chi connectivity index (χ1n) is 6.99. The largest absolute Gasteiger partial charge is 0.484 e. The maximum absolute atomic E-state index is 12.0. The van der Waals surface area contributed by atoms with E-state index in [1.54, 1.807) is 48.5 Å². The zero-order valence-electron chi connectivity index (χ0n) is 12.2. The van der Waals surface area contributed by atoms with E-state index in [0.717, 1.165) is 0 Å². The lowest BCUT2D eigenvalue weighted by Gasteiger charge is -2.17. The van der Waals surface area contributed by atoms with Crippen LogP contribution in [0.3, 0.4) is 0 Å². The Morgan fingerprint density at radius 2 is 1.74 bits per heavy atom. The smallest absolute Gasteiger partial charge is 0.305 e. The van der Waals surface area contributed by atoms with Crippen molar-refractivity contribution in [1.29, 1.82) is 0 Å². The number of carboxylic acids is 1. The van der Waals surface area contributed by atoms with Crippen molar-refractivity contribution in [1.82, 2.24) is 5.32 Å². The summed E-state index contributed by atoms with van der Waals surface area (Å²) < 4.78 is 5.35. The topological polar surface area (TPSA) is 75.6 Å². The highest BCUT2D eigenvalue weighted by atomic mass is 35.5. The quantitative estimate of drug-likeness (QED) is 0.816. The summed E-state index contributed by atoms with van der Waals surface area (Å²) >= 11 is 5.82. The summed E-state index contributed by atoms with van der Waals surface area (Å²) in [6, 6.07) is 15.0. The lowest BCUT2D eigenvalue weighted by molar-refractivity contribution is -0.137. The van der Waals surface area contributed by atoms with Gasteiger partial charge in [-0.05, 0) is 29.8 Å². The van der Waals surface area contributed by atoms with Gasteiger partial charge in [0.05, 0.1) is 12.5 Å². The molecule has 1 atom stereocenters. The molecule has 2 N–H and O–H groups in total. The molecule has 6 heteroatoms. The van der Waals surface area contributed by atoms with Crippen molar-refractivity contribution in [3.63, 3.8) is 0 Å². The van der Waals surface area contributed by atoms with Gasteiger partial charge in [-0.15, -0.1) is 0 Å². The Balaban J connectivity index is 1.98. The number of hydrogen-bond acceptors (Lipinski definition) is 3. The van der Waals surface area contributed by atoms with Crippen molar-refractivity contribution >= 4 is 23.5 Å². The van der Waals surface area contributed by atoms with E-state index < -0.39 is 17.9 Å². The fourth-order valence-corrected chi connectivity index (χ4v) is 2.15. The lowest BCUT2D eigenvalue weighted by atomic mass is 10.0. The maximum Gasteiger partial charge on any atom is 0.305 e. The van der Waals surface area contributed by atoms with Gasteiger partial charge in [0.15, 0.2) is 6.61 Å². The molecule has 0 aromatic heterocycles. The molecule has 0 spiro atoms. The number of rotatable bonds is 7. The standard InChI is InChI=1S/C17H16ClNO4/c18-13-8-6-12(7-9-13)15(10-17(21)22)19-16(20)11-23-14-4-2-1-3-5-14/h1-9,15H,10-11H2,(H,19,20)(H,21,22)/t15-/m0/s1. The molecule has 0 aliphatic rings. The van der Waals surface area contributed by atoms with Gasteiger partial charge in [0, 0.05) is 5.02 Å². The van der Waals surface area contributed by atoms with Crippen molar-refractivity contribution in [3.8, 4) is 5.75 Å². The Hall–Kier alpha value is -2.53. The number of halogens is 1. The van der Waals surface area contributed by atoms with Crippen LogP contribution in [0.5, 0.6) is 5.75 Å². The van der Waals surface area contributed by atoms with Gasteiger partial charge in [-0.1, -0.05) is 41.9 Å². The van der Waals surface area contributed by atoms with Crippen molar-refractivity contribution in [2.75, 3.05) is 6.61 Å². The summed E-state index contributed by atoms with van der Waals surface area (Å²) in [5.41, 5.74) is 0.671. The van der Waals surface area contributed by atoms with Crippen molar-refractivity contribution in [2.45, 2.75) is 12.5 Å². The van der Waals surface area contributed by atoms with Crippen LogP contribution < -0.4 is 10.1 Å². The maximum atomic E-state index is 12.0. The van der Waals surface area contributed by atoms with Crippen LogP contribution in [0, 0.1) is 0 Å². The van der Waals surface area contributed by atoms with E-state index in [1.165, 1.54) is 0 Å². The summed E-state index contributed by atoms with van der Waals surface area (Å²) in [5, 5.41) is 12.2. The molecule has 0 aliphatic carbocycles. The Morgan fingerprint density at radius 1 is 1.09 bits per heavy atom. The molecule has 0 fully saturated rings. The second kappa shape index (κ2) is 8.19. The molecule has 2 rings (SSSR count). The molecule has 2 aromatic rings. The van der Waals surface area contributed by atoms with E-state index in [2.05, 4.69) is 5.32 Å². The summed E-state index contributed by atoms with van der Waals surface area (Å²) in [4.78, 5) is 23.0. The molecular weight excluding hydrogens is 318 g/mol. The average molecular weight is 334 g/mol. The molecule has 5 nitrogen and oxygen atoms in total. The van der Waals surface area contributed by atoms with Gasteiger partial charge in [-0.25, -0.2) is 0 Å². The normalized spacial score (nSPS) is 11.5. The number of aliphatic carboxylic acids is 1. The average Bonchev–Trinajstić information content (AvgIpc) is 2.53. The number of para-hydroxylation sites is 1. The summed E-state index contributed by atoms with van der Waals surface area (Å²) in [7, 11) is 0. The minimum absolute atomic E-state index is 0.187. The van der Waals surface area contributed by atoms with Crippen LogP contribution in [0.4, 0.5) is 0 Å². The van der Waals surface area contributed by atoms with Crippen LogP contribution >= 0.6 is 11.6 Å². The van der Waals surface area contributed by atoms with E-state index in [0.29, 0.717) is 16.3 Å². The van der Waals surface area contributed by atoms with Gasteiger partial charge in [0.2, 0.25) is 0 Å². The predicted octanol–water partition coefficient (Wildman–Crippen LogP) is 3.05. The minimum atomic E-state index is -1.01. The molecule has 0 aliphatic heterocycles. The Kier molecular flexibility index (Phi) is 6.00. The molecule has 0 saturated heterocycles. The molecular formula is C17H16ClNO4. The number of carbonyl (C=O) groups is 2. The molecule has 0 heterocycles. The van der Waals surface area contributed by atoms with Crippen molar-refractivity contribution in [3.05, 3.63) is 65.2 Å². The zero-order valence-corrected chi connectivity index (χ0v) is 13.0. The monoisotopic (exact) mass is 333 g/mol. The Morgan fingerprint density at radius 3 is 2.35 bits per heavy atom. The molecule has 0 saturated carbocycles. The molecule has 1 amide bonds. The van der Waals surface area contributed by atoms with Crippen LogP contribution in [0.25, 0.3) is 0 Å². The Bertz CT molecular complexity index is 658. The number of hydrogen-bond donors (Lipinski definition) is 2. The third kappa shape index (κ3) is 5.64. The fraction of sp³-hybridized carbons (Fsp3) is 0.176. The SMILES string of the molecule is O=C(O)C[C@H](NC(=O)COc1ccccc1)c1ccc(Cl)cc1. The number of carboxylic acid groups (broad SMARTS) is 1. The molecule has 0 radical (unpaired) electrons. The van der Waals surface area contributed by atoms with E-state index in [1.807, 2.05) is 6.07 Å².